The average Bonchev–Trinajstić information content (AvgIpc) is 3.00. The molecule has 0 heterocycles. The predicted octanol–water partition coefficient (Wildman–Crippen LogP) is 1.69. The molecular weight excluding hydrogens is 330 g/mol. The fourth-order valence-electron chi connectivity index (χ4n) is 2.74. The number of hydrogen-bond donors (Lipinski definition) is 3. The van der Waals surface area contributed by atoms with E-state index in [2.05, 4.69) is 15.4 Å². The van der Waals surface area contributed by atoms with Gasteiger partial charge in [0.2, 0.25) is 21.8 Å². The number of hydrogen-bond acceptors (Lipinski definition) is 4. The fourth-order valence-corrected chi connectivity index (χ4v) is 3.69. The van der Waals surface area contributed by atoms with Crippen molar-refractivity contribution < 1.29 is 18.0 Å². The molecule has 7 nitrogen and oxygen atoms in total. The molecule has 0 spiro atoms. The number of benzene rings is 1. The number of sulfonamides is 1. The summed E-state index contributed by atoms with van der Waals surface area (Å²) in [5, 5.41) is 5.28. The lowest BCUT2D eigenvalue weighted by molar-refractivity contribution is -0.124. The number of anilines is 2. The van der Waals surface area contributed by atoms with E-state index in [0.29, 0.717) is 11.4 Å². The van der Waals surface area contributed by atoms with Crippen molar-refractivity contribution in [1.82, 2.24) is 5.32 Å². The molecule has 0 aromatic heterocycles. The molecule has 0 bridgehead atoms. The van der Waals surface area contributed by atoms with Gasteiger partial charge in [-0.3, -0.25) is 14.3 Å². The smallest absolute Gasteiger partial charge is 0.234 e. The Labute approximate surface area is 142 Å². The maximum atomic E-state index is 12.1. The van der Waals surface area contributed by atoms with E-state index < -0.39 is 10.0 Å². The summed E-state index contributed by atoms with van der Waals surface area (Å²) in [5.74, 6) is -0.467. The molecule has 0 radical (unpaired) electrons. The van der Waals surface area contributed by atoms with Gasteiger partial charge in [0, 0.05) is 25.1 Å². The maximum absolute atomic E-state index is 12.1. The van der Waals surface area contributed by atoms with Gasteiger partial charge >= 0.3 is 0 Å². The third-order valence-corrected chi connectivity index (χ3v) is 5.14. The van der Waals surface area contributed by atoms with E-state index in [1.165, 1.54) is 13.0 Å². The van der Waals surface area contributed by atoms with Crippen LogP contribution in [0.3, 0.4) is 0 Å². The molecule has 1 saturated carbocycles. The fraction of sp³-hybridized carbons (Fsp3) is 0.500. The third-order valence-electron chi connectivity index (χ3n) is 3.85. The number of rotatable bonds is 7. The van der Waals surface area contributed by atoms with Gasteiger partial charge in [-0.05, 0) is 31.0 Å². The molecule has 8 heteroatoms. The summed E-state index contributed by atoms with van der Waals surface area (Å²) in [4.78, 5) is 22.9. The normalized spacial score (nSPS) is 15.0. The Balaban J connectivity index is 1.84. The topological polar surface area (TPSA) is 104 Å². The summed E-state index contributed by atoms with van der Waals surface area (Å²) < 4.78 is 26.6. The van der Waals surface area contributed by atoms with Crippen molar-refractivity contribution in [3.05, 3.63) is 24.3 Å². The lowest BCUT2D eigenvalue weighted by atomic mass is 10.1. The molecule has 2 rings (SSSR count). The minimum absolute atomic E-state index is 0.0231. The average molecular weight is 353 g/mol. The molecule has 0 unspecified atom stereocenters. The molecule has 1 fully saturated rings. The Morgan fingerprint density at radius 3 is 2.50 bits per heavy atom. The second-order valence-electron chi connectivity index (χ2n) is 5.96. The highest BCUT2D eigenvalue weighted by atomic mass is 32.2. The summed E-state index contributed by atoms with van der Waals surface area (Å²) in [5.41, 5.74) is 0.876. The molecule has 24 heavy (non-hydrogen) atoms. The van der Waals surface area contributed by atoms with Crippen LogP contribution in [0.2, 0.25) is 0 Å². The summed E-state index contributed by atoms with van der Waals surface area (Å²) in [6.45, 7) is 1.46. The SMILES string of the molecule is CC(=O)Nc1cccc(NS(=O)(=O)CCNC(=O)C2CCCC2)c1. The number of amides is 2. The van der Waals surface area contributed by atoms with Gasteiger partial charge in [0.15, 0.2) is 0 Å². The Bertz CT molecular complexity index is 697. The molecule has 3 N–H and O–H groups in total. The minimum Gasteiger partial charge on any atom is -0.355 e. The van der Waals surface area contributed by atoms with E-state index in [4.69, 9.17) is 0 Å². The number of nitrogens with one attached hydrogen (secondary N) is 3. The second-order valence-corrected chi connectivity index (χ2v) is 7.80. The molecule has 0 atom stereocenters. The van der Waals surface area contributed by atoms with Gasteiger partial charge in [0.05, 0.1) is 11.4 Å². The van der Waals surface area contributed by atoms with Crippen LogP contribution in [0.15, 0.2) is 24.3 Å². The molecular formula is C16H23N3O4S. The molecule has 132 valence electrons. The molecule has 2 amide bonds. The van der Waals surface area contributed by atoms with Crippen molar-refractivity contribution in [2.45, 2.75) is 32.6 Å². The van der Waals surface area contributed by atoms with Gasteiger partial charge < -0.3 is 10.6 Å². The highest BCUT2D eigenvalue weighted by Crippen LogP contribution is 2.24. The van der Waals surface area contributed by atoms with Crippen LogP contribution < -0.4 is 15.4 Å². The summed E-state index contributed by atoms with van der Waals surface area (Å²) in [7, 11) is -3.58. The zero-order chi connectivity index (χ0) is 17.6. The van der Waals surface area contributed by atoms with Crippen LogP contribution in [-0.2, 0) is 19.6 Å². The van der Waals surface area contributed by atoms with Crippen molar-refractivity contribution in [2.75, 3.05) is 22.3 Å². The van der Waals surface area contributed by atoms with Crippen LogP contribution in [0.5, 0.6) is 0 Å². The first-order chi connectivity index (χ1) is 11.4. The van der Waals surface area contributed by atoms with E-state index in [9.17, 15) is 18.0 Å². The van der Waals surface area contributed by atoms with Crippen LogP contribution in [0.25, 0.3) is 0 Å². The highest BCUT2D eigenvalue weighted by Gasteiger charge is 2.22. The van der Waals surface area contributed by atoms with E-state index in [-0.39, 0.29) is 30.0 Å². The van der Waals surface area contributed by atoms with E-state index in [1.54, 1.807) is 18.2 Å². The van der Waals surface area contributed by atoms with E-state index >= 15 is 0 Å². The molecule has 1 aromatic carbocycles. The first-order valence-corrected chi connectivity index (χ1v) is 9.67. The van der Waals surface area contributed by atoms with Gasteiger partial charge in [-0.1, -0.05) is 18.9 Å². The minimum atomic E-state index is -3.58. The van der Waals surface area contributed by atoms with Crippen molar-refractivity contribution in [1.29, 1.82) is 0 Å². The van der Waals surface area contributed by atoms with Crippen LogP contribution in [0, 0.1) is 5.92 Å². The van der Waals surface area contributed by atoms with Crippen molar-refractivity contribution in [3.8, 4) is 0 Å². The summed E-state index contributed by atoms with van der Waals surface area (Å²) in [6, 6.07) is 6.45. The molecule has 0 saturated heterocycles. The van der Waals surface area contributed by atoms with Gasteiger partial charge in [0.1, 0.15) is 0 Å². The van der Waals surface area contributed by atoms with Crippen molar-refractivity contribution in [2.24, 2.45) is 5.92 Å². The largest absolute Gasteiger partial charge is 0.355 e. The number of carbonyl (C=O) groups is 2. The Morgan fingerprint density at radius 1 is 1.17 bits per heavy atom. The summed E-state index contributed by atoms with van der Waals surface area (Å²) >= 11 is 0. The lowest BCUT2D eigenvalue weighted by Gasteiger charge is -2.12. The van der Waals surface area contributed by atoms with Crippen molar-refractivity contribution >= 4 is 33.2 Å². The highest BCUT2D eigenvalue weighted by molar-refractivity contribution is 7.92. The first-order valence-electron chi connectivity index (χ1n) is 8.01. The van der Waals surface area contributed by atoms with Crippen LogP contribution in [0.1, 0.15) is 32.6 Å². The Kier molecular flexibility index (Phi) is 6.19. The molecule has 1 aromatic rings. The zero-order valence-electron chi connectivity index (χ0n) is 13.7. The van der Waals surface area contributed by atoms with Crippen molar-refractivity contribution in [3.63, 3.8) is 0 Å². The molecule has 1 aliphatic rings. The number of carbonyl (C=O) groups excluding carboxylic acids is 2. The zero-order valence-corrected chi connectivity index (χ0v) is 14.5. The third kappa shape index (κ3) is 5.84. The van der Waals surface area contributed by atoms with Crippen LogP contribution >= 0.6 is 0 Å². The Hall–Kier alpha value is -2.09. The van der Waals surface area contributed by atoms with Crippen LogP contribution in [-0.4, -0.2) is 32.5 Å². The quantitative estimate of drug-likeness (QED) is 0.694. The van der Waals surface area contributed by atoms with Gasteiger partial charge in [0.25, 0.3) is 0 Å². The van der Waals surface area contributed by atoms with Gasteiger partial charge in [-0.15, -0.1) is 0 Å². The predicted molar refractivity (Wildman–Crippen MR) is 93.1 cm³/mol. The van der Waals surface area contributed by atoms with E-state index in [1.807, 2.05) is 0 Å². The maximum Gasteiger partial charge on any atom is 0.234 e. The Morgan fingerprint density at radius 2 is 1.83 bits per heavy atom. The lowest BCUT2D eigenvalue weighted by Crippen LogP contribution is -2.34. The summed E-state index contributed by atoms with van der Waals surface area (Å²) in [6.07, 6.45) is 3.88. The second kappa shape index (κ2) is 8.14. The standard InChI is InChI=1S/C16H23N3O4S/c1-12(20)18-14-7-4-8-15(11-14)19-24(22,23)10-9-17-16(21)13-5-2-3-6-13/h4,7-8,11,13,19H,2-3,5-6,9-10H2,1H3,(H,17,21)(H,18,20). The first kappa shape index (κ1) is 18.3. The van der Waals surface area contributed by atoms with Gasteiger partial charge in [-0.25, -0.2) is 8.42 Å². The van der Waals surface area contributed by atoms with Gasteiger partial charge in [-0.2, -0.15) is 0 Å². The molecule has 1 aliphatic carbocycles. The monoisotopic (exact) mass is 353 g/mol. The molecule has 0 aliphatic heterocycles. The van der Waals surface area contributed by atoms with Crippen LogP contribution in [0.4, 0.5) is 11.4 Å². The van der Waals surface area contributed by atoms with E-state index in [0.717, 1.165) is 25.7 Å².